The molecule has 1 fully saturated rings. The van der Waals surface area contributed by atoms with Gasteiger partial charge in [-0.1, -0.05) is 26.0 Å². The number of rotatable bonds is 6. The minimum Gasteiger partial charge on any atom is -0.381 e. The molecule has 5 nitrogen and oxygen atoms in total. The van der Waals surface area contributed by atoms with Crippen molar-refractivity contribution in [2.45, 2.75) is 52.3 Å². The molecular formula is C24H35N3O2S. The molecule has 0 unspecified atom stereocenters. The van der Waals surface area contributed by atoms with E-state index in [1.807, 2.05) is 24.3 Å². The lowest BCUT2D eigenvalue weighted by Crippen LogP contribution is -2.38. The number of nitrogens with zero attached hydrogens (tertiary/aromatic N) is 1. The second kappa shape index (κ2) is 8.88. The average Bonchev–Trinajstić information content (AvgIpc) is 2.66. The van der Waals surface area contributed by atoms with Gasteiger partial charge < -0.3 is 10.2 Å². The van der Waals surface area contributed by atoms with Crippen LogP contribution in [0.1, 0.15) is 46.6 Å². The molecule has 0 saturated carbocycles. The van der Waals surface area contributed by atoms with Crippen molar-refractivity contribution in [1.29, 1.82) is 0 Å². The Balaban J connectivity index is 1.56. The summed E-state index contributed by atoms with van der Waals surface area (Å²) in [5.41, 5.74) is 4.04. The normalized spacial score (nSPS) is 20.1. The van der Waals surface area contributed by atoms with Gasteiger partial charge in [-0.15, -0.1) is 0 Å². The Hall–Kier alpha value is -2.21. The monoisotopic (exact) mass is 429 g/mol. The minimum absolute atomic E-state index is 0.586. The number of hydrogen-bond donors (Lipinski definition) is 2. The summed E-state index contributed by atoms with van der Waals surface area (Å²) in [4.78, 5) is 2.49. The molecule has 0 aromatic heterocycles. The van der Waals surface area contributed by atoms with Crippen molar-refractivity contribution in [3.8, 4) is 0 Å². The molecule has 2 atom stereocenters. The van der Waals surface area contributed by atoms with Crippen LogP contribution in [-0.4, -0.2) is 26.3 Å². The Morgan fingerprint density at radius 1 is 0.900 bits per heavy atom. The molecule has 0 aliphatic carbocycles. The quantitative estimate of drug-likeness (QED) is 0.652. The van der Waals surface area contributed by atoms with Crippen LogP contribution in [0.5, 0.6) is 0 Å². The second-order valence-electron chi connectivity index (χ2n) is 9.67. The highest BCUT2D eigenvalue weighted by Crippen LogP contribution is 2.27. The number of anilines is 3. The molecule has 30 heavy (non-hydrogen) atoms. The van der Waals surface area contributed by atoms with Crippen LogP contribution in [0.15, 0.2) is 48.5 Å². The highest BCUT2D eigenvalue weighted by Gasteiger charge is 2.28. The molecule has 1 aliphatic heterocycles. The number of benzene rings is 2. The van der Waals surface area contributed by atoms with E-state index in [9.17, 15) is 8.42 Å². The lowest BCUT2D eigenvalue weighted by Gasteiger charge is -2.36. The molecular weight excluding hydrogens is 394 g/mol. The molecule has 2 aromatic carbocycles. The molecule has 0 amide bonds. The van der Waals surface area contributed by atoms with E-state index < -0.39 is 14.8 Å². The van der Waals surface area contributed by atoms with Crippen molar-refractivity contribution in [2.75, 3.05) is 28.0 Å². The third-order valence-corrected chi connectivity index (χ3v) is 7.73. The van der Waals surface area contributed by atoms with Gasteiger partial charge in [-0.2, -0.15) is 0 Å². The topological polar surface area (TPSA) is 61.4 Å². The van der Waals surface area contributed by atoms with Gasteiger partial charge in [-0.3, -0.25) is 4.72 Å². The summed E-state index contributed by atoms with van der Waals surface area (Å²) in [6.07, 6.45) is 1.31. The van der Waals surface area contributed by atoms with Crippen molar-refractivity contribution >= 4 is 27.1 Å². The van der Waals surface area contributed by atoms with Crippen molar-refractivity contribution in [3.05, 3.63) is 54.1 Å². The van der Waals surface area contributed by atoms with Crippen LogP contribution in [-0.2, 0) is 16.6 Å². The van der Waals surface area contributed by atoms with E-state index in [4.69, 9.17) is 0 Å². The molecule has 1 saturated heterocycles. The summed E-state index contributed by atoms with van der Waals surface area (Å²) >= 11 is 0. The van der Waals surface area contributed by atoms with Crippen LogP contribution in [0, 0.1) is 11.8 Å². The summed E-state index contributed by atoms with van der Waals surface area (Å²) in [6, 6.07) is 16.1. The number of nitrogens with one attached hydrogen (secondary N) is 2. The second-order valence-corrected chi connectivity index (χ2v) is 12.1. The number of hydrogen-bond acceptors (Lipinski definition) is 4. The van der Waals surface area contributed by atoms with Crippen molar-refractivity contribution in [2.24, 2.45) is 11.8 Å². The van der Waals surface area contributed by atoms with Gasteiger partial charge >= 0.3 is 0 Å². The Morgan fingerprint density at radius 2 is 1.43 bits per heavy atom. The molecule has 1 heterocycles. The highest BCUT2D eigenvalue weighted by atomic mass is 32.2. The van der Waals surface area contributed by atoms with Crippen LogP contribution in [0.3, 0.4) is 0 Å². The first kappa shape index (κ1) is 22.5. The van der Waals surface area contributed by atoms with Crippen LogP contribution >= 0.6 is 0 Å². The summed E-state index contributed by atoms with van der Waals surface area (Å²) in [7, 11) is -3.41. The lowest BCUT2D eigenvalue weighted by molar-refractivity contribution is 0.357. The maximum Gasteiger partial charge on any atom is 0.237 e. The first-order valence-electron chi connectivity index (χ1n) is 10.7. The van der Waals surface area contributed by atoms with Gasteiger partial charge in [0.05, 0.1) is 4.75 Å². The maximum absolute atomic E-state index is 12.3. The van der Waals surface area contributed by atoms with Gasteiger partial charge in [-0.05, 0) is 81.0 Å². The zero-order valence-electron chi connectivity index (χ0n) is 18.8. The number of piperidine rings is 1. The van der Waals surface area contributed by atoms with E-state index in [0.717, 1.165) is 36.2 Å². The Kier molecular flexibility index (Phi) is 6.65. The third-order valence-electron chi connectivity index (χ3n) is 5.61. The van der Waals surface area contributed by atoms with Crippen LogP contribution < -0.4 is 14.9 Å². The number of sulfonamides is 1. The summed E-state index contributed by atoms with van der Waals surface area (Å²) < 4.78 is 26.3. The fraction of sp³-hybridized carbons (Fsp3) is 0.500. The first-order chi connectivity index (χ1) is 14.0. The molecule has 164 valence electrons. The van der Waals surface area contributed by atoms with Gasteiger partial charge in [0.1, 0.15) is 0 Å². The Bertz CT molecular complexity index is 922. The van der Waals surface area contributed by atoms with Crippen molar-refractivity contribution < 1.29 is 8.42 Å². The van der Waals surface area contributed by atoms with Crippen molar-refractivity contribution in [1.82, 2.24) is 0 Å². The zero-order valence-corrected chi connectivity index (χ0v) is 19.6. The lowest BCUT2D eigenvalue weighted by atomic mass is 9.91. The third kappa shape index (κ3) is 5.69. The van der Waals surface area contributed by atoms with E-state index >= 15 is 0 Å². The Morgan fingerprint density at radius 3 is 1.97 bits per heavy atom. The largest absolute Gasteiger partial charge is 0.381 e. The molecule has 0 bridgehead atoms. The fourth-order valence-electron chi connectivity index (χ4n) is 3.87. The van der Waals surface area contributed by atoms with Gasteiger partial charge in [0.2, 0.25) is 10.0 Å². The molecule has 3 rings (SSSR count). The van der Waals surface area contributed by atoms with Crippen LogP contribution in [0.4, 0.5) is 17.1 Å². The van der Waals surface area contributed by atoms with E-state index in [0.29, 0.717) is 12.2 Å². The molecule has 1 aliphatic rings. The summed E-state index contributed by atoms with van der Waals surface area (Å²) in [5.74, 6) is 1.48. The SMILES string of the molecule is C[C@@H]1C[C@@H](C)CN(c2ccc(NCc3ccc(NS(=O)(=O)C(C)(C)C)cc3)cc2)C1. The smallest absolute Gasteiger partial charge is 0.237 e. The van der Waals surface area contributed by atoms with Crippen molar-refractivity contribution in [3.63, 3.8) is 0 Å². The predicted molar refractivity (Wildman–Crippen MR) is 128 cm³/mol. The molecule has 2 N–H and O–H groups in total. The van der Waals surface area contributed by atoms with E-state index in [1.165, 1.54) is 12.1 Å². The van der Waals surface area contributed by atoms with Crippen LogP contribution in [0.25, 0.3) is 0 Å². The van der Waals surface area contributed by atoms with E-state index in [2.05, 4.69) is 53.1 Å². The predicted octanol–water partition coefficient (Wildman–Crippen LogP) is 5.32. The maximum atomic E-state index is 12.3. The molecule has 6 heteroatoms. The van der Waals surface area contributed by atoms with E-state index in [1.54, 1.807) is 20.8 Å². The summed E-state index contributed by atoms with van der Waals surface area (Å²) in [6.45, 7) is 12.7. The standard InChI is InChI=1S/C24H35N3O2S/c1-18-14-19(2)17-27(16-18)23-12-10-21(11-13-23)25-15-20-6-8-22(9-7-20)26-30(28,29)24(3,4)5/h6-13,18-19,25-26H,14-17H2,1-5H3/t18-,19-/m1/s1. The van der Waals surface area contributed by atoms with Gasteiger partial charge in [-0.25, -0.2) is 8.42 Å². The fourth-order valence-corrected chi connectivity index (χ4v) is 4.62. The Labute approximate surface area is 181 Å². The first-order valence-corrected chi connectivity index (χ1v) is 12.2. The average molecular weight is 430 g/mol. The van der Waals surface area contributed by atoms with Gasteiger partial charge in [0.25, 0.3) is 0 Å². The highest BCUT2D eigenvalue weighted by molar-refractivity contribution is 7.94. The zero-order chi connectivity index (χ0) is 21.9. The summed E-state index contributed by atoms with van der Waals surface area (Å²) in [5, 5.41) is 3.44. The molecule has 2 aromatic rings. The van der Waals surface area contributed by atoms with Gasteiger partial charge in [0.15, 0.2) is 0 Å². The van der Waals surface area contributed by atoms with E-state index in [-0.39, 0.29) is 0 Å². The molecule has 0 spiro atoms. The molecule has 0 radical (unpaired) electrons. The van der Waals surface area contributed by atoms with Crippen LogP contribution in [0.2, 0.25) is 0 Å². The van der Waals surface area contributed by atoms with Gasteiger partial charge in [0, 0.05) is 36.7 Å². The minimum atomic E-state index is -3.41.